The summed E-state index contributed by atoms with van der Waals surface area (Å²) in [6.07, 6.45) is 0. The van der Waals surface area contributed by atoms with Gasteiger partial charge in [0.1, 0.15) is 14.7 Å². The molecule has 0 aromatic carbocycles. The summed E-state index contributed by atoms with van der Waals surface area (Å²) in [5, 5.41) is 0. The molecule has 0 aromatic rings. The molecule has 0 amide bonds. The van der Waals surface area contributed by atoms with Gasteiger partial charge in [0.25, 0.3) is 0 Å². The van der Waals surface area contributed by atoms with Crippen LogP contribution in [-0.4, -0.2) is 132 Å². The molecular formula is C30H72N10P3+. The molecular weight excluding hydrogens is 593 g/mol. The van der Waals surface area contributed by atoms with Crippen LogP contribution in [0.3, 0.4) is 0 Å². The average molecular weight is 666 g/mol. The van der Waals surface area contributed by atoms with Crippen molar-refractivity contribution < 1.29 is 0 Å². The van der Waals surface area contributed by atoms with Gasteiger partial charge in [-0.05, 0) is 55.3 Å². The molecule has 0 N–H and O–H groups in total. The molecule has 0 rings (SSSR count). The molecule has 0 aliphatic rings. The molecule has 43 heavy (non-hydrogen) atoms. The monoisotopic (exact) mass is 666 g/mol. The molecule has 0 aliphatic carbocycles. The standard InChI is InChI=1S/C30H72N10P3/c1-17-35(18-2)30(36(19-3)20-4)32-43(31-29(13)14,33-41(15,37(21-5)22-6)38(23-7)24-8)34-42(16,39(25-9)26-10)40(27-11)28-12/h17-28H2,1-16H3/q+1. The predicted molar refractivity (Wildman–Crippen MR) is 201 cm³/mol. The Balaban J connectivity index is 9.00. The zero-order chi connectivity index (χ0) is 33.4. The first kappa shape index (κ1) is 42.7. The first-order valence-electron chi connectivity index (χ1n) is 17.1. The van der Waals surface area contributed by atoms with Gasteiger partial charge in [0.15, 0.2) is 0 Å². The fourth-order valence-electron chi connectivity index (χ4n) is 5.92. The van der Waals surface area contributed by atoms with Crippen molar-refractivity contribution >= 4 is 34.2 Å². The van der Waals surface area contributed by atoms with E-state index in [0.29, 0.717) is 0 Å². The number of hydrogen-bond acceptors (Lipinski definition) is 4. The molecule has 0 aromatic heterocycles. The molecule has 0 saturated carbocycles. The van der Waals surface area contributed by atoms with E-state index in [-0.39, 0.29) is 0 Å². The molecule has 13 heteroatoms. The second-order valence-corrected chi connectivity index (χ2v) is 19.4. The summed E-state index contributed by atoms with van der Waals surface area (Å²) in [5.41, 5.74) is 0.985. The number of rotatable bonds is 20. The van der Waals surface area contributed by atoms with Gasteiger partial charge < -0.3 is 9.80 Å². The van der Waals surface area contributed by atoms with Crippen molar-refractivity contribution in [3.63, 3.8) is 0 Å². The van der Waals surface area contributed by atoms with E-state index >= 15 is 0 Å². The van der Waals surface area contributed by atoms with Crippen LogP contribution in [0.1, 0.15) is 96.9 Å². The van der Waals surface area contributed by atoms with Crippen LogP contribution in [0.2, 0.25) is 0 Å². The normalized spacial score (nSPS) is 12.7. The average Bonchev–Trinajstić information content (AvgIpc) is 2.96. The van der Waals surface area contributed by atoms with Gasteiger partial charge in [0.2, 0.25) is 5.96 Å². The van der Waals surface area contributed by atoms with E-state index in [1.807, 2.05) is 0 Å². The maximum Gasteiger partial charge on any atom is 0.498 e. The molecule has 0 aliphatic heterocycles. The molecule has 0 bridgehead atoms. The summed E-state index contributed by atoms with van der Waals surface area (Å²) < 4.78 is 33.7. The third kappa shape index (κ3) is 10.9. The van der Waals surface area contributed by atoms with Gasteiger partial charge in [-0.25, -0.2) is 0 Å². The summed E-state index contributed by atoms with van der Waals surface area (Å²) >= 11 is 0. The third-order valence-corrected chi connectivity index (χ3v) is 20.6. The lowest BCUT2D eigenvalue weighted by Crippen LogP contribution is -2.44. The molecule has 0 heterocycles. The quantitative estimate of drug-likeness (QED) is 0.0735. The van der Waals surface area contributed by atoms with Crippen LogP contribution in [0, 0.1) is 0 Å². The lowest BCUT2D eigenvalue weighted by molar-refractivity contribution is 0.352. The van der Waals surface area contributed by atoms with E-state index in [9.17, 15) is 0 Å². The Kier molecular flexibility index (Phi) is 20.6. The van der Waals surface area contributed by atoms with Crippen LogP contribution >= 0.6 is 22.6 Å². The molecule has 0 unspecified atom stereocenters. The van der Waals surface area contributed by atoms with E-state index < -0.39 is 22.6 Å². The maximum absolute atomic E-state index is 6.05. The minimum absolute atomic E-state index is 0.873. The van der Waals surface area contributed by atoms with Crippen molar-refractivity contribution in [1.82, 2.24) is 28.5 Å². The zero-order valence-electron chi connectivity index (χ0n) is 31.3. The van der Waals surface area contributed by atoms with Crippen LogP contribution in [0.25, 0.3) is 0 Å². The second kappa shape index (κ2) is 20.7. The molecule has 0 spiro atoms. The van der Waals surface area contributed by atoms with Crippen molar-refractivity contribution in [1.29, 1.82) is 0 Å². The first-order chi connectivity index (χ1) is 20.3. The van der Waals surface area contributed by atoms with E-state index in [0.717, 1.165) is 90.2 Å². The summed E-state index contributed by atoms with van der Waals surface area (Å²) in [6.45, 7) is 46.8. The lowest BCUT2D eigenvalue weighted by Gasteiger charge is -2.41. The Hall–Kier alpha value is -0.330. The Bertz CT molecular complexity index is 848. The second-order valence-electron chi connectivity index (χ2n) is 10.8. The summed E-state index contributed by atoms with van der Waals surface area (Å²) in [5.74, 6) is 0.983. The maximum atomic E-state index is 6.05. The van der Waals surface area contributed by atoms with Gasteiger partial charge in [0, 0.05) is 91.9 Å². The Morgan fingerprint density at radius 3 is 0.884 bits per heavy atom. The van der Waals surface area contributed by atoms with Crippen molar-refractivity contribution in [3.8, 4) is 0 Å². The summed E-state index contributed by atoms with van der Waals surface area (Å²) in [6, 6.07) is 0. The molecule has 256 valence electrons. The van der Waals surface area contributed by atoms with Gasteiger partial charge in [-0.3, -0.25) is 18.7 Å². The zero-order valence-corrected chi connectivity index (χ0v) is 34.0. The Morgan fingerprint density at radius 1 is 0.442 bits per heavy atom. The van der Waals surface area contributed by atoms with E-state index in [1.54, 1.807) is 0 Å². The smallest absolute Gasteiger partial charge is 0.340 e. The highest BCUT2D eigenvalue weighted by molar-refractivity contribution is 7.82. The fraction of sp³-hybridized carbons (Fsp3) is 0.933. The SMILES string of the molecule is CCN(CC)C(=N[P+](N=C(C)C)(N=P(C)(N(CC)CC)N(CC)CC)N=P(C)(N(CC)CC)N(CC)CC)N(CC)CC. The van der Waals surface area contributed by atoms with Gasteiger partial charge in [0.05, 0.1) is 5.71 Å². The Morgan fingerprint density at radius 2 is 0.698 bits per heavy atom. The van der Waals surface area contributed by atoms with Crippen molar-refractivity contribution in [2.75, 3.05) is 91.9 Å². The minimum atomic E-state index is -3.06. The van der Waals surface area contributed by atoms with Crippen LogP contribution in [-0.2, 0) is 0 Å². The van der Waals surface area contributed by atoms with E-state index in [2.05, 4.69) is 139 Å². The van der Waals surface area contributed by atoms with Crippen LogP contribution in [0.4, 0.5) is 0 Å². The summed E-state index contributed by atoms with van der Waals surface area (Å²) in [7, 11) is -7.50. The fourth-order valence-corrected chi connectivity index (χ4v) is 18.6. The van der Waals surface area contributed by atoms with Crippen LogP contribution in [0.15, 0.2) is 18.6 Å². The molecule has 0 saturated heterocycles. The molecule has 10 nitrogen and oxygen atoms in total. The highest BCUT2D eigenvalue weighted by atomic mass is 31.3. The van der Waals surface area contributed by atoms with E-state index in [4.69, 9.17) is 18.6 Å². The largest absolute Gasteiger partial charge is 0.498 e. The number of nitrogens with zero attached hydrogens (tertiary/aromatic N) is 10. The Labute approximate surface area is 269 Å². The van der Waals surface area contributed by atoms with Crippen LogP contribution in [0.5, 0.6) is 0 Å². The topological polar surface area (TPSA) is 68.9 Å². The highest BCUT2D eigenvalue weighted by Gasteiger charge is 2.50. The molecule has 0 atom stereocenters. The van der Waals surface area contributed by atoms with Crippen molar-refractivity contribution in [2.24, 2.45) is 18.6 Å². The summed E-state index contributed by atoms with van der Waals surface area (Å²) in [4.78, 5) is 4.75. The minimum Gasteiger partial charge on any atom is -0.340 e. The van der Waals surface area contributed by atoms with Gasteiger partial charge in [-0.1, -0.05) is 60.2 Å². The molecule has 0 fully saturated rings. The molecule has 0 radical (unpaired) electrons. The lowest BCUT2D eigenvalue weighted by atomic mass is 10.4. The van der Waals surface area contributed by atoms with Crippen molar-refractivity contribution in [2.45, 2.75) is 96.9 Å². The first-order valence-corrected chi connectivity index (χ1v) is 22.9. The number of hydrogen-bond donors (Lipinski definition) is 0. The number of guanidine groups is 1. The predicted octanol–water partition coefficient (Wildman–Crippen LogP) is 8.87. The van der Waals surface area contributed by atoms with Crippen LogP contribution < -0.4 is 0 Å². The van der Waals surface area contributed by atoms with E-state index in [1.165, 1.54) is 0 Å². The third-order valence-electron chi connectivity index (χ3n) is 8.29. The van der Waals surface area contributed by atoms with Gasteiger partial charge >= 0.3 is 7.87 Å². The highest BCUT2D eigenvalue weighted by Crippen LogP contribution is 2.78. The van der Waals surface area contributed by atoms with Crippen molar-refractivity contribution in [3.05, 3.63) is 0 Å². The van der Waals surface area contributed by atoms with Gasteiger partial charge in [-0.15, -0.1) is 0 Å². The van der Waals surface area contributed by atoms with Gasteiger partial charge in [-0.2, -0.15) is 0 Å².